The monoisotopic (exact) mass is 174 g/mol. The SMILES string of the molecule is CSCC(=O)N1CC[C@@H](N)C1. The van der Waals surface area contributed by atoms with Crippen LogP contribution in [-0.2, 0) is 4.79 Å². The van der Waals surface area contributed by atoms with Crippen molar-refractivity contribution in [1.82, 2.24) is 4.90 Å². The van der Waals surface area contributed by atoms with Gasteiger partial charge >= 0.3 is 0 Å². The lowest BCUT2D eigenvalue weighted by Gasteiger charge is -2.14. The van der Waals surface area contributed by atoms with Crippen LogP contribution >= 0.6 is 11.8 Å². The van der Waals surface area contributed by atoms with Gasteiger partial charge in [0.2, 0.25) is 5.91 Å². The van der Waals surface area contributed by atoms with Gasteiger partial charge in [0.15, 0.2) is 0 Å². The molecule has 0 aromatic carbocycles. The Hall–Kier alpha value is -0.220. The number of nitrogens with zero attached hydrogens (tertiary/aromatic N) is 1. The van der Waals surface area contributed by atoms with Crippen LogP contribution in [0.1, 0.15) is 6.42 Å². The number of hydrogen-bond acceptors (Lipinski definition) is 3. The van der Waals surface area contributed by atoms with E-state index in [2.05, 4.69) is 0 Å². The molecule has 1 heterocycles. The first-order chi connectivity index (χ1) is 5.24. The largest absolute Gasteiger partial charge is 0.340 e. The van der Waals surface area contributed by atoms with E-state index in [1.54, 1.807) is 11.8 Å². The minimum Gasteiger partial charge on any atom is -0.340 e. The molecular weight excluding hydrogens is 160 g/mol. The lowest BCUT2D eigenvalue weighted by molar-refractivity contribution is -0.127. The normalized spacial score (nSPS) is 24.2. The van der Waals surface area contributed by atoms with E-state index in [9.17, 15) is 4.79 Å². The van der Waals surface area contributed by atoms with E-state index in [1.807, 2.05) is 11.2 Å². The highest BCUT2D eigenvalue weighted by atomic mass is 32.2. The van der Waals surface area contributed by atoms with Gasteiger partial charge in [0.05, 0.1) is 5.75 Å². The summed E-state index contributed by atoms with van der Waals surface area (Å²) in [6, 6.07) is 0.209. The molecule has 4 heteroatoms. The summed E-state index contributed by atoms with van der Waals surface area (Å²) in [5.41, 5.74) is 5.66. The number of carbonyl (C=O) groups excluding carboxylic acids is 1. The smallest absolute Gasteiger partial charge is 0.232 e. The molecule has 1 fully saturated rings. The van der Waals surface area contributed by atoms with Gasteiger partial charge in [-0.05, 0) is 12.7 Å². The first-order valence-electron chi connectivity index (χ1n) is 3.76. The molecule has 1 rings (SSSR count). The summed E-state index contributed by atoms with van der Waals surface area (Å²) in [5.74, 6) is 0.817. The fourth-order valence-corrected chi connectivity index (χ4v) is 1.66. The van der Waals surface area contributed by atoms with Crippen LogP contribution in [0.3, 0.4) is 0 Å². The third-order valence-corrected chi connectivity index (χ3v) is 2.38. The van der Waals surface area contributed by atoms with Crippen molar-refractivity contribution in [2.45, 2.75) is 12.5 Å². The number of rotatable bonds is 2. The highest BCUT2D eigenvalue weighted by Crippen LogP contribution is 2.08. The minimum atomic E-state index is 0.209. The molecule has 1 aliphatic rings. The average molecular weight is 174 g/mol. The minimum absolute atomic E-state index is 0.209. The van der Waals surface area contributed by atoms with Crippen molar-refractivity contribution in [2.75, 3.05) is 25.1 Å². The van der Waals surface area contributed by atoms with E-state index in [1.165, 1.54) is 0 Å². The van der Waals surface area contributed by atoms with Gasteiger partial charge in [0.25, 0.3) is 0 Å². The second-order valence-electron chi connectivity index (χ2n) is 2.82. The highest BCUT2D eigenvalue weighted by Gasteiger charge is 2.22. The van der Waals surface area contributed by atoms with Crippen LogP contribution in [0.5, 0.6) is 0 Å². The summed E-state index contributed by atoms with van der Waals surface area (Å²) in [7, 11) is 0. The summed E-state index contributed by atoms with van der Waals surface area (Å²) in [6.45, 7) is 1.60. The summed E-state index contributed by atoms with van der Waals surface area (Å²) in [4.78, 5) is 13.1. The molecule has 0 saturated carbocycles. The quantitative estimate of drug-likeness (QED) is 0.636. The molecule has 1 aliphatic heterocycles. The maximum atomic E-state index is 11.2. The van der Waals surface area contributed by atoms with Gasteiger partial charge in [-0.25, -0.2) is 0 Å². The van der Waals surface area contributed by atoms with Crippen molar-refractivity contribution in [3.8, 4) is 0 Å². The van der Waals surface area contributed by atoms with Crippen molar-refractivity contribution < 1.29 is 4.79 Å². The van der Waals surface area contributed by atoms with Gasteiger partial charge in [-0.15, -0.1) is 0 Å². The topological polar surface area (TPSA) is 46.3 Å². The maximum absolute atomic E-state index is 11.2. The lowest BCUT2D eigenvalue weighted by atomic mass is 10.3. The fourth-order valence-electron chi connectivity index (χ4n) is 1.23. The van der Waals surface area contributed by atoms with Crippen LogP contribution in [0.25, 0.3) is 0 Å². The summed E-state index contributed by atoms with van der Waals surface area (Å²) in [5, 5.41) is 0. The summed E-state index contributed by atoms with van der Waals surface area (Å²) in [6.07, 6.45) is 2.90. The fraction of sp³-hybridized carbons (Fsp3) is 0.857. The summed E-state index contributed by atoms with van der Waals surface area (Å²) >= 11 is 1.57. The van der Waals surface area contributed by atoms with Crippen molar-refractivity contribution in [3.05, 3.63) is 0 Å². The van der Waals surface area contributed by atoms with Crippen molar-refractivity contribution in [1.29, 1.82) is 0 Å². The molecule has 0 spiro atoms. The molecule has 0 aromatic heterocycles. The second-order valence-corrected chi connectivity index (χ2v) is 3.69. The van der Waals surface area contributed by atoms with Crippen LogP contribution in [-0.4, -0.2) is 41.9 Å². The van der Waals surface area contributed by atoms with E-state index in [4.69, 9.17) is 5.73 Å². The van der Waals surface area contributed by atoms with E-state index in [0.29, 0.717) is 5.75 Å². The Balaban J connectivity index is 2.31. The van der Waals surface area contributed by atoms with Crippen LogP contribution in [0.2, 0.25) is 0 Å². The van der Waals surface area contributed by atoms with E-state index >= 15 is 0 Å². The van der Waals surface area contributed by atoms with Gasteiger partial charge < -0.3 is 10.6 Å². The predicted molar refractivity (Wildman–Crippen MR) is 47.6 cm³/mol. The lowest BCUT2D eigenvalue weighted by Crippen LogP contribution is -2.32. The Bertz CT molecular complexity index is 151. The maximum Gasteiger partial charge on any atom is 0.232 e. The Morgan fingerprint density at radius 3 is 3.00 bits per heavy atom. The van der Waals surface area contributed by atoms with Gasteiger partial charge in [-0.1, -0.05) is 0 Å². The first kappa shape index (κ1) is 8.87. The Morgan fingerprint density at radius 1 is 1.82 bits per heavy atom. The van der Waals surface area contributed by atoms with Gasteiger partial charge in [-0.3, -0.25) is 4.79 Å². The molecule has 0 aliphatic carbocycles. The Labute approximate surface area is 71.3 Å². The zero-order valence-electron chi connectivity index (χ0n) is 6.75. The molecule has 3 nitrogen and oxygen atoms in total. The Morgan fingerprint density at radius 2 is 2.55 bits per heavy atom. The number of carbonyl (C=O) groups is 1. The van der Waals surface area contributed by atoms with Gasteiger partial charge in [-0.2, -0.15) is 11.8 Å². The van der Waals surface area contributed by atoms with Gasteiger partial charge in [0, 0.05) is 19.1 Å². The molecule has 64 valence electrons. The zero-order chi connectivity index (χ0) is 8.27. The molecule has 2 N–H and O–H groups in total. The standard InChI is InChI=1S/C7H14N2OS/c1-11-5-7(10)9-3-2-6(8)4-9/h6H,2-5,8H2,1H3/t6-/m1/s1. The molecule has 0 bridgehead atoms. The predicted octanol–water partition coefficient (Wildman–Crippen LogP) is -0.0910. The molecule has 0 aromatic rings. The first-order valence-corrected chi connectivity index (χ1v) is 5.15. The van der Waals surface area contributed by atoms with Crippen molar-refractivity contribution in [3.63, 3.8) is 0 Å². The number of thioether (sulfide) groups is 1. The zero-order valence-corrected chi connectivity index (χ0v) is 7.56. The number of hydrogen-bond donors (Lipinski definition) is 1. The summed E-state index contributed by atoms with van der Waals surface area (Å²) < 4.78 is 0. The second kappa shape index (κ2) is 3.97. The van der Waals surface area contributed by atoms with Crippen molar-refractivity contribution in [2.24, 2.45) is 5.73 Å². The van der Waals surface area contributed by atoms with Crippen LogP contribution in [0, 0.1) is 0 Å². The molecule has 11 heavy (non-hydrogen) atoms. The molecule has 1 amide bonds. The van der Waals surface area contributed by atoms with E-state index in [0.717, 1.165) is 19.5 Å². The van der Waals surface area contributed by atoms with E-state index < -0.39 is 0 Å². The van der Waals surface area contributed by atoms with Crippen LogP contribution in [0.4, 0.5) is 0 Å². The van der Waals surface area contributed by atoms with Crippen LogP contribution in [0.15, 0.2) is 0 Å². The third kappa shape index (κ3) is 2.38. The average Bonchev–Trinajstić information content (AvgIpc) is 2.36. The number of amides is 1. The van der Waals surface area contributed by atoms with Gasteiger partial charge in [0.1, 0.15) is 0 Å². The Kier molecular flexibility index (Phi) is 3.20. The number of likely N-dealkylation sites (tertiary alicyclic amines) is 1. The molecule has 0 unspecified atom stereocenters. The van der Waals surface area contributed by atoms with Crippen molar-refractivity contribution >= 4 is 17.7 Å². The molecule has 1 saturated heterocycles. The number of nitrogens with two attached hydrogens (primary N) is 1. The molecular formula is C7H14N2OS. The van der Waals surface area contributed by atoms with E-state index in [-0.39, 0.29) is 11.9 Å². The van der Waals surface area contributed by atoms with Crippen LogP contribution < -0.4 is 5.73 Å². The molecule has 1 atom stereocenters. The molecule has 0 radical (unpaired) electrons. The third-order valence-electron chi connectivity index (χ3n) is 1.85. The highest BCUT2D eigenvalue weighted by molar-refractivity contribution is 7.99.